The number of benzene rings is 1. The molecular formula is C23H30N6O3. The van der Waals surface area contributed by atoms with E-state index >= 15 is 0 Å². The summed E-state index contributed by atoms with van der Waals surface area (Å²) < 4.78 is 0. The van der Waals surface area contributed by atoms with Crippen LogP contribution >= 0.6 is 0 Å². The number of hydrogen-bond donors (Lipinski definition) is 3. The zero-order valence-electron chi connectivity index (χ0n) is 18.9. The topological polar surface area (TPSA) is 130 Å². The first kappa shape index (κ1) is 24.5. The number of nitrogens with zero attached hydrogens (tertiary/aromatic N) is 3. The number of rotatable bonds is 10. The predicted molar refractivity (Wildman–Crippen MR) is 124 cm³/mol. The van der Waals surface area contributed by atoms with Crippen molar-refractivity contribution in [3.63, 3.8) is 0 Å². The molecule has 1 atom stereocenters. The number of anilines is 2. The molecule has 0 aliphatic carbocycles. The van der Waals surface area contributed by atoms with Crippen molar-refractivity contribution in [1.82, 2.24) is 20.2 Å². The Labute approximate surface area is 188 Å². The highest BCUT2D eigenvalue weighted by Crippen LogP contribution is 2.20. The van der Waals surface area contributed by atoms with E-state index in [0.717, 1.165) is 22.6 Å². The molecule has 1 heterocycles. The van der Waals surface area contributed by atoms with Gasteiger partial charge in [-0.3, -0.25) is 14.4 Å². The van der Waals surface area contributed by atoms with Gasteiger partial charge in [-0.25, -0.2) is 9.97 Å². The van der Waals surface area contributed by atoms with E-state index in [0.29, 0.717) is 25.2 Å². The highest BCUT2D eigenvalue weighted by Gasteiger charge is 2.20. The highest BCUT2D eigenvalue weighted by atomic mass is 16.2. The number of hydrogen-bond acceptors (Lipinski definition) is 6. The van der Waals surface area contributed by atoms with Gasteiger partial charge in [0.25, 0.3) is 5.91 Å². The molecule has 1 aromatic carbocycles. The largest absolute Gasteiger partial charge is 0.364 e. The average molecular weight is 439 g/mol. The van der Waals surface area contributed by atoms with Crippen LogP contribution in [0.5, 0.6) is 0 Å². The number of aromatic nitrogens is 2. The van der Waals surface area contributed by atoms with E-state index < -0.39 is 11.9 Å². The maximum absolute atomic E-state index is 12.3. The van der Waals surface area contributed by atoms with Gasteiger partial charge in [0.15, 0.2) is 11.5 Å². The van der Waals surface area contributed by atoms with Gasteiger partial charge in [0.05, 0.1) is 11.4 Å². The Bertz CT molecular complexity index is 1020. The van der Waals surface area contributed by atoms with E-state index in [-0.39, 0.29) is 17.5 Å². The lowest BCUT2D eigenvalue weighted by molar-refractivity contribution is -0.135. The Morgan fingerprint density at radius 1 is 1.28 bits per heavy atom. The van der Waals surface area contributed by atoms with Gasteiger partial charge in [0.2, 0.25) is 11.8 Å². The smallest absolute Gasteiger partial charge is 0.271 e. The molecular weight excluding hydrogens is 408 g/mol. The summed E-state index contributed by atoms with van der Waals surface area (Å²) in [6, 6.07) is 6.94. The van der Waals surface area contributed by atoms with Gasteiger partial charge in [0, 0.05) is 19.3 Å². The molecule has 0 saturated carbocycles. The Morgan fingerprint density at radius 2 is 2.00 bits per heavy atom. The fraction of sp³-hybridized carbons (Fsp3) is 0.348. The molecule has 2 rings (SSSR count). The zero-order valence-corrected chi connectivity index (χ0v) is 18.9. The molecule has 1 unspecified atom stereocenters. The van der Waals surface area contributed by atoms with Crippen LogP contribution in [-0.4, -0.2) is 52.2 Å². The van der Waals surface area contributed by atoms with Crippen molar-refractivity contribution < 1.29 is 14.4 Å². The molecule has 4 N–H and O–H groups in total. The first-order valence-corrected chi connectivity index (χ1v) is 10.4. The first-order valence-electron chi connectivity index (χ1n) is 10.4. The quantitative estimate of drug-likeness (QED) is 0.486. The van der Waals surface area contributed by atoms with Crippen LogP contribution in [0.3, 0.4) is 0 Å². The fourth-order valence-corrected chi connectivity index (χ4v) is 3.08. The lowest BCUT2D eigenvalue weighted by Crippen LogP contribution is -2.45. The molecule has 9 heteroatoms. The molecule has 3 amide bonds. The first-order chi connectivity index (χ1) is 15.2. The standard InChI is InChI=1S/C23H30N6O3/c1-6-18-14(3)26-22(20(28-18)21(24)31)27-17-10-8-9-16(13-17)11-12-25-23(32)15(4)29(5)19(30)7-2/h7-10,13,15H,2,6,11-12H2,1,3-5H3,(H2,24,31)(H,25,32)(H,26,27). The number of amides is 3. The second-order valence-corrected chi connectivity index (χ2v) is 7.37. The van der Waals surface area contributed by atoms with Gasteiger partial charge >= 0.3 is 0 Å². The summed E-state index contributed by atoms with van der Waals surface area (Å²) in [5.74, 6) is -0.902. The molecule has 170 valence electrons. The SMILES string of the molecule is C=CC(=O)N(C)C(C)C(=O)NCCc1cccc(Nc2nc(C)c(CC)nc2C(N)=O)c1. The Hall–Kier alpha value is -3.75. The lowest BCUT2D eigenvalue weighted by Gasteiger charge is -2.22. The summed E-state index contributed by atoms with van der Waals surface area (Å²) in [6.07, 6.45) is 2.40. The van der Waals surface area contributed by atoms with Crippen LogP contribution in [0.4, 0.5) is 11.5 Å². The minimum atomic E-state index is -0.650. The van der Waals surface area contributed by atoms with Crippen LogP contribution in [0.2, 0.25) is 0 Å². The normalized spacial score (nSPS) is 11.4. The average Bonchev–Trinajstić information content (AvgIpc) is 2.77. The van der Waals surface area contributed by atoms with E-state index in [9.17, 15) is 14.4 Å². The van der Waals surface area contributed by atoms with Crippen molar-refractivity contribution in [3.8, 4) is 0 Å². The van der Waals surface area contributed by atoms with Crippen molar-refractivity contribution in [1.29, 1.82) is 0 Å². The molecule has 0 aliphatic heterocycles. The summed E-state index contributed by atoms with van der Waals surface area (Å²) in [7, 11) is 1.56. The molecule has 2 aromatic rings. The van der Waals surface area contributed by atoms with Gasteiger partial charge in [0.1, 0.15) is 6.04 Å². The molecule has 0 radical (unpaired) electrons. The van der Waals surface area contributed by atoms with Gasteiger partial charge in [-0.1, -0.05) is 25.6 Å². The third kappa shape index (κ3) is 6.13. The second kappa shape index (κ2) is 11.0. The third-order valence-corrected chi connectivity index (χ3v) is 5.12. The predicted octanol–water partition coefficient (Wildman–Crippen LogP) is 1.88. The van der Waals surface area contributed by atoms with Crippen molar-refractivity contribution in [2.45, 2.75) is 39.7 Å². The molecule has 9 nitrogen and oxygen atoms in total. The van der Waals surface area contributed by atoms with Crippen LogP contribution in [-0.2, 0) is 22.4 Å². The summed E-state index contributed by atoms with van der Waals surface area (Å²) in [6.45, 7) is 9.26. The number of aryl methyl sites for hydroxylation is 2. The van der Waals surface area contributed by atoms with Crippen molar-refractivity contribution in [3.05, 3.63) is 59.6 Å². The summed E-state index contributed by atoms with van der Waals surface area (Å²) in [5, 5.41) is 5.96. The number of carbonyl (C=O) groups is 3. The number of carbonyl (C=O) groups excluding carboxylic acids is 3. The van der Waals surface area contributed by atoms with Crippen LogP contribution in [0.15, 0.2) is 36.9 Å². The Morgan fingerprint density at radius 3 is 2.62 bits per heavy atom. The fourth-order valence-electron chi connectivity index (χ4n) is 3.08. The second-order valence-electron chi connectivity index (χ2n) is 7.37. The van der Waals surface area contributed by atoms with Crippen LogP contribution in [0.1, 0.15) is 41.3 Å². The Balaban J connectivity index is 2.05. The van der Waals surface area contributed by atoms with Crippen LogP contribution in [0.25, 0.3) is 0 Å². The minimum Gasteiger partial charge on any atom is -0.364 e. The van der Waals surface area contributed by atoms with Crippen molar-refractivity contribution >= 4 is 29.2 Å². The van der Waals surface area contributed by atoms with E-state index in [2.05, 4.69) is 27.2 Å². The maximum atomic E-state index is 12.3. The third-order valence-electron chi connectivity index (χ3n) is 5.12. The van der Waals surface area contributed by atoms with Gasteiger partial charge in [-0.2, -0.15) is 0 Å². The molecule has 0 bridgehead atoms. The van der Waals surface area contributed by atoms with E-state index in [1.165, 1.54) is 11.0 Å². The van der Waals surface area contributed by atoms with Crippen molar-refractivity contribution in [2.24, 2.45) is 5.73 Å². The van der Waals surface area contributed by atoms with Gasteiger partial charge in [-0.05, 0) is 50.5 Å². The van der Waals surface area contributed by atoms with Gasteiger partial charge in [-0.15, -0.1) is 0 Å². The Kier molecular flexibility index (Phi) is 8.46. The van der Waals surface area contributed by atoms with E-state index in [4.69, 9.17) is 5.73 Å². The molecule has 0 fully saturated rings. The van der Waals surface area contributed by atoms with Crippen LogP contribution < -0.4 is 16.4 Å². The lowest BCUT2D eigenvalue weighted by atomic mass is 10.1. The van der Waals surface area contributed by atoms with Crippen molar-refractivity contribution in [2.75, 3.05) is 18.9 Å². The molecule has 0 aliphatic rings. The molecule has 0 spiro atoms. The zero-order chi connectivity index (χ0) is 23.8. The summed E-state index contributed by atoms with van der Waals surface area (Å²) in [4.78, 5) is 45.9. The molecule has 32 heavy (non-hydrogen) atoms. The number of nitrogens with one attached hydrogen (secondary N) is 2. The maximum Gasteiger partial charge on any atom is 0.271 e. The molecule has 1 aromatic heterocycles. The minimum absolute atomic E-state index is 0.0947. The van der Waals surface area contributed by atoms with Crippen LogP contribution in [0, 0.1) is 6.92 Å². The van der Waals surface area contributed by atoms with E-state index in [1.54, 1.807) is 14.0 Å². The monoisotopic (exact) mass is 438 g/mol. The summed E-state index contributed by atoms with van der Waals surface area (Å²) in [5.41, 5.74) is 8.72. The number of nitrogens with two attached hydrogens (primary N) is 1. The summed E-state index contributed by atoms with van der Waals surface area (Å²) >= 11 is 0. The number of primary amides is 1. The van der Waals surface area contributed by atoms with Gasteiger partial charge < -0.3 is 21.3 Å². The molecule has 0 saturated heterocycles. The number of likely N-dealkylation sites (N-methyl/N-ethyl adjacent to an activating group) is 1. The van der Waals surface area contributed by atoms with E-state index in [1.807, 2.05) is 38.1 Å². The highest BCUT2D eigenvalue weighted by molar-refractivity contribution is 5.96.